The Hall–Kier alpha value is -2.95. The van der Waals surface area contributed by atoms with Crippen LogP contribution >= 0.6 is 0 Å². The van der Waals surface area contributed by atoms with E-state index in [4.69, 9.17) is 4.74 Å². The van der Waals surface area contributed by atoms with Crippen LogP contribution in [0.4, 0.5) is 0 Å². The standard InChI is InChI=1S/C18H16N2O3/c1-11(2)16-17(20-14-9-5-4-8-13(14)19-16)23-15-10-6-3-7-12(15)18(21)22/h3-11H,1-2H3,(H,21,22). The number of para-hydroxylation sites is 3. The summed E-state index contributed by atoms with van der Waals surface area (Å²) in [7, 11) is 0. The van der Waals surface area contributed by atoms with Crippen molar-refractivity contribution >= 4 is 17.0 Å². The van der Waals surface area contributed by atoms with Crippen LogP contribution in [-0.4, -0.2) is 21.0 Å². The van der Waals surface area contributed by atoms with Gasteiger partial charge in [-0.2, -0.15) is 0 Å². The van der Waals surface area contributed by atoms with Crippen molar-refractivity contribution in [2.45, 2.75) is 19.8 Å². The molecule has 0 aliphatic heterocycles. The maximum atomic E-state index is 11.3. The average Bonchev–Trinajstić information content (AvgIpc) is 2.54. The largest absolute Gasteiger partial charge is 0.478 e. The van der Waals surface area contributed by atoms with E-state index in [-0.39, 0.29) is 17.2 Å². The summed E-state index contributed by atoms with van der Waals surface area (Å²) in [5.41, 5.74) is 2.29. The van der Waals surface area contributed by atoms with E-state index in [1.165, 1.54) is 6.07 Å². The SMILES string of the molecule is CC(C)c1nc2ccccc2nc1Oc1ccccc1C(=O)O. The number of carboxylic acids is 1. The molecule has 116 valence electrons. The number of hydrogen-bond donors (Lipinski definition) is 1. The van der Waals surface area contributed by atoms with E-state index in [1.807, 2.05) is 38.1 Å². The molecule has 0 spiro atoms. The van der Waals surface area contributed by atoms with Gasteiger partial charge in [0.05, 0.1) is 11.0 Å². The molecule has 0 saturated heterocycles. The zero-order valence-corrected chi connectivity index (χ0v) is 12.9. The molecule has 0 aliphatic carbocycles. The fourth-order valence-electron chi connectivity index (χ4n) is 2.29. The second kappa shape index (κ2) is 6.04. The minimum Gasteiger partial charge on any atom is -0.478 e. The van der Waals surface area contributed by atoms with Gasteiger partial charge in [-0.25, -0.2) is 14.8 Å². The van der Waals surface area contributed by atoms with Crippen LogP contribution in [0.2, 0.25) is 0 Å². The Bertz CT molecular complexity index is 875. The summed E-state index contributed by atoms with van der Waals surface area (Å²) >= 11 is 0. The summed E-state index contributed by atoms with van der Waals surface area (Å²) < 4.78 is 5.82. The molecule has 1 N–H and O–H groups in total. The lowest BCUT2D eigenvalue weighted by Crippen LogP contribution is -2.04. The van der Waals surface area contributed by atoms with Gasteiger partial charge >= 0.3 is 5.97 Å². The third-order valence-corrected chi connectivity index (χ3v) is 3.43. The van der Waals surface area contributed by atoms with Crippen molar-refractivity contribution in [1.82, 2.24) is 9.97 Å². The third-order valence-electron chi connectivity index (χ3n) is 3.43. The molecular weight excluding hydrogens is 292 g/mol. The van der Waals surface area contributed by atoms with Gasteiger partial charge in [-0.1, -0.05) is 38.1 Å². The highest BCUT2D eigenvalue weighted by molar-refractivity contribution is 5.91. The van der Waals surface area contributed by atoms with Gasteiger partial charge in [0.1, 0.15) is 17.0 Å². The first-order valence-corrected chi connectivity index (χ1v) is 7.33. The number of carboxylic acid groups (broad SMARTS) is 1. The lowest BCUT2D eigenvalue weighted by atomic mass is 10.1. The number of benzene rings is 2. The van der Waals surface area contributed by atoms with Gasteiger partial charge in [0.2, 0.25) is 5.88 Å². The summed E-state index contributed by atoms with van der Waals surface area (Å²) in [6.45, 7) is 3.99. The Labute approximate surface area is 133 Å². The van der Waals surface area contributed by atoms with Crippen LogP contribution < -0.4 is 4.74 Å². The quantitative estimate of drug-likeness (QED) is 0.780. The minimum atomic E-state index is -1.04. The first-order chi connectivity index (χ1) is 11.1. The fourth-order valence-corrected chi connectivity index (χ4v) is 2.29. The number of aromatic nitrogens is 2. The number of hydrogen-bond acceptors (Lipinski definition) is 4. The second-order valence-corrected chi connectivity index (χ2v) is 5.46. The molecule has 0 amide bonds. The number of rotatable bonds is 4. The Morgan fingerprint density at radius 3 is 2.26 bits per heavy atom. The Morgan fingerprint density at radius 2 is 1.61 bits per heavy atom. The van der Waals surface area contributed by atoms with Crippen molar-refractivity contribution in [3.05, 3.63) is 59.8 Å². The van der Waals surface area contributed by atoms with Crippen LogP contribution in [0.15, 0.2) is 48.5 Å². The monoisotopic (exact) mass is 308 g/mol. The van der Waals surface area contributed by atoms with Crippen molar-refractivity contribution in [3.8, 4) is 11.6 Å². The summed E-state index contributed by atoms with van der Waals surface area (Å²) in [5, 5.41) is 9.28. The van der Waals surface area contributed by atoms with E-state index >= 15 is 0 Å². The Balaban J connectivity index is 2.12. The zero-order chi connectivity index (χ0) is 16.4. The highest BCUT2D eigenvalue weighted by atomic mass is 16.5. The second-order valence-electron chi connectivity index (χ2n) is 5.46. The molecule has 0 bridgehead atoms. The lowest BCUT2D eigenvalue weighted by molar-refractivity contribution is 0.0694. The van der Waals surface area contributed by atoms with Crippen LogP contribution in [0, 0.1) is 0 Å². The van der Waals surface area contributed by atoms with E-state index in [0.29, 0.717) is 17.1 Å². The zero-order valence-electron chi connectivity index (χ0n) is 12.9. The van der Waals surface area contributed by atoms with Crippen molar-refractivity contribution in [2.75, 3.05) is 0 Å². The van der Waals surface area contributed by atoms with Crippen LogP contribution in [0.3, 0.4) is 0 Å². The van der Waals surface area contributed by atoms with Crippen molar-refractivity contribution < 1.29 is 14.6 Å². The molecule has 0 unspecified atom stereocenters. The Kier molecular flexibility index (Phi) is 3.93. The molecule has 3 aromatic rings. The van der Waals surface area contributed by atoms with Gasteiger partial charge in [-0.05, 0) is 24.3 Å². The van der Waals surface area contributed by atoms with Gasteiger partial charge in [-0.15, -0.1) is 0 Å². The van der Waals surface area contributed by atoms with Gasteiger partial charge < -0.3 is 9.84 Å². The summed E-state index contributed by atoms with van der Waals surface area (Å²) in [5.74, 6) is -0.349. The molecule has 1 aromatic heterocycles. The minimum absolute atomic E-state index is 0.0946. The van der Waals surface area contributed by atoms with E-state index in [1.54, 1.807) is 18.2 Å². The normalized spacial score (nSPS) is 10.9. The van der Waals surface area contributed by atoms with E-state index in [0.717, 1.165) is 5.52 Å². The number of carbonyl (C=O) groups is 1. The molecular formula is C18H16N2O3. The smallest absolute Gasteiger partial charge is 0.339 e. The highest BCUT2D eigenvalue weighted by Crippen LogP contribution is 2.31. The van der Waals surface area contributed by atoms with Crippen LogP contribution in [-0.2, 0) is 0 Å². The molecule has 1 heterocycles. The maximum absolute atomic E-state index is 11.3. The average molecular weight is 308 g/mol. The fraction of sp³-hybridized carbons (Fsp3) is 0.167. The third kappa shape index (κ3) is 2.99. The molecule has 0 radical (unpaired) electrons. The number of nitrogens with zero attached hydrogens (tertiary/aromatic N) is 2. The van der Waals surface area contributed by atoms with Gasteiger partial charge in [0.15, 0.2) is 0 Å². The maximum Gasteiger partial charge on any atom is 0.339 e. The molecule has 5 nitrogen and oxygen atoms in total. The highest BCUT2D eigenvalue weighted by Gasteiger charge is 2.17. The van der Waals surface area contributed by atoms with E-state index < -0.39 is 5.97 Å². The molecule has 0 atom stereocenters. The molecule has 0 saturated carbocycles. The molecule has 23 heavy (non-hydrogen) atoms. The van der Waals surface area contributed by atoms with Gasteiger partial charge in [0.25, 0.3) is 0 Å². The van der Waals surface area contributed by atoms with Crippen molar-refractivity contribution in [1.29, 1.82) is 0 Å². The van der Waals surface area contributed by atoms with Crippen LogP contribution in [0.25, 0.3) is 11.0 Å². The van der Waals surface area contributed by atoms with Gasteiger partial charge in [-0.3, -0.25) is 0 Å². The first-order valence-electron chi connectivity index (χ1n) is 7.33. The molecule has 5 heteroatoms. The summed E-state index contributed by atoms with van der Waals surface area (Å²) in [6.07, 6.45) is 0. The summed E-state index contributed by atoms with van der Waals surface area (Å²) in [4.78, 5) is 20.5. The topological polar surface area (TPSA) is 72.3 Å². The van der Waals surface area contributed by atoms with Gasteiger partial charge in [0, 0.05) is 5.92 Å². The predicted molar refractivity (Wildman–Crippen MR) is 87.1 cm³/mol. The molecule has 3 rings (SSSR count). The Morgan fingerprint density at radius 1 is 1.00 bits per heavy atom. The molecule has 0 fully saturated rings. The van der Waals surface area contributed by atoms with E-state index in [2.05, 4.69) is 9.97 Å². The predicted octanol–water partition coefficient (Wildman–Crippen LogP) is 4.24. The molecule has 0 aliphatic rings. The van der Waals surface area contributed by atoms with Crippen LogP contribution in [0.5, 0.6) is 11.6 Å². The number of fused-ring (bicyclic) bond motifs is 1. The first kappa shape index (κ1) is 15.0. The van der Waals surface area contributed by atoms with Crippen molar-refractivity contribution in [3.63, 3.8) is 0 Å². The number of aromatic carboxylic acids is 1. The number of ether oxygens (including phenoxy) is 1. The van der Waals surface area contributed by atoms with Crippen molar-refractivity contribution in [2.24, 2.45) is 0 Å². The van der Waals surface area contributed by atoms with E-state index in [9.17, 15) is 9.90 Å². The lowest BCUT2D eigenvalue weighted by Gasteiger charge is -2.14. The summed E-state index contributed by atoms with van der Waals surface area (Å²) in [6, 6.07) is 14.0. The molecule has 2 aromatic carbocycles. The van der Waals surface area contributed by atoms with Crippen LogP contribution in [0.1, 0.15) is 35.8 Å².